The van der Waals surface area contributed by atoms with Crippen molar-refractivity contribution in [2.75, 3.05) is 0 Å². The summed E-state index contributed by atoms with van der Waals surface area (Å²) in [7, 11) is 0. The van der Waals surface area contributed by atoms with Crippen LogP contribution in [0.5, 0.6) is 0 Å². The minimum absolute atomic E-state index is 0.756. The zero-order chi connectivity index (χ0) is 12.4. The molecule has 88 valence electrons. The molecule has 0 aliphatic carbocycles. The Labute approximate surface area is 118 Å². The van der Waals surface area contributed by atoms with Crippen LogP contribution in [0.2, 0.25) is 0 Å². The van der Waals surface area contributed by atoms with Gasteiger partial charge in [-0.2, -0.15) is 4.68 Å². The fraction of sp³-hybridized carbons (Fsp3) is 0. The fourth-order valence-electron chi connectivity index (χ4n) is 1.74. The number of nitrogens with zero attached hydrogens (tertiary/aromatic N) is 4. The number of para-hydroxylation sites is 1. The molecule has 0 saturated carbocycles. The van der Waals surface area contributed by atoms with Crippen LogP contribution >= 0.6 is 22.6 Å². The standard InChI is InChI=1S/C13H9IN4/c14-12-9-5-4-8-11(12)13-15-16-17-18(13)10-6-2-1-3-7-10/h1-9H. The van der Waals surface area contributed by atoms with Gasteiger partial charge in [0.05, 0.1) is 5.69 Å². The molecule has 0 fully saturated rings. The number of hydrogen-bond donors (Lipinski definition) is 0. The van der Waals surface area contributed by atoms with Gasteiger partial charge in [0.2, 0.25) is 0 Å². The lowest BCUT2D eigenvalue weighted by Gasteiger charge is -2.05. The molecule has 3 rings (SSSR count). The smallest absolute Gasteiger partial charge is 0.188 e. The Morgan fingerprint density at radius 2 is 1.61 bits per heavy atom. The summed E-state index contributed by atoms with van der Waals surface area (Å²) in [4.78, 5) is 0. The summed E-state index contributed by atoms with van der Waals surface area (Å²) >= 11 is 2.29. The van der Waals surface area contributed by atoms with Crippen LogP contribution in [0.4, 0.5) is 0 Å². The molecule has 1 heterocycles. The molecule has 0 unspecified atom stereocenters. The number of tetrazole rings is 1. The molecule has 0 bridgehead atoms. The van der Waals surface area contributed by atoms with Gasteiger partial charge in [0.25, 0.3) is 0 Å². The van der Waals surface area contributed by atoms with Crippen LogP contribution in [0, 0.1) is 3.57 Å². The highest BCUT2D eigenvalue weighted by Crippen LogP contribution is 2.24. The maximum atomic E-state index is 4.12. The predicted octanol–water partition coefficient (Wildman–Crippen LogP) is 2.93. The SMILES string of the molecule is Ic1ccccc1-c1nnnn1-c1ccccc1. The highest BCUT2D eigenvalue weighted by Gasteiger charge is 2.12. The average molecular weight is 348 g/mol. The third-order valence-electron chi connectivity index (χ3n) is 2.59. The lowest BCUT2D eigenvalue weighted by Crippen LogP contribution is -2.00. The lowest BCUT2D eigenvalue weighted by atomic mass is 10.2. The minimum Gasteiger partial charge on any atom is -0.193 e. The number of halogens is 1. The molecule has 5 heteroatoms. The molecule has 3 aromatic rings. The monoisotopic (exact) mass is 348 g/mol. The molecule has 1 aromatic heterocycles. The van der Waals surface area contributed by atoms with Crippen molar-refractivity contribution in [2.45, 2.75) is 0 Å². The van der Waals surface area contributed by atoms with Gasteiger partial charge in [0, 0.05) is 9.13 Å². The Morgan fingerprint density at radius 1 is 0.889 bits per heavy atom. The fourth-order valence-corrected chi connectivity index (χ4v) is 2.37. The van der Waals surface area contributed by atoms with Crippen LogP contribution in [-0.4, -0.2) is 20.2 Å². The molecule has 0 radical (unpaired) electrons. The molecule has 4 nitrogen and oxygen atoms in total. The molecular weight excluding hydrogens is 339 g/mol. The molecule has 2 aromatic carbocycles. The van der Waals surface area contributed by atoms with E-state index in [0.29, 0.717) is 0 Å². The number of aromatic nitrogens is 4. The molecular formula is C13H9IN4. The maximum absolute atomic E-state index is 4.12. The zero-order valence-electron chi connectivity index (χ0n) is 9.36. The van der Waals surface area contributed by atoms with Gasteiger partial charge in [-0.1, -0.05) is 36.4 Å². The van der Waals surface area contributed by atoms with Crippen molar-refractivity contribution in [3.8, 4) is 17.1 Å². The van der Waals surface area contributed by atoms with E-state index in [1.54, 1.807) is 4.68 Å². The number of rotatable bonds is 2. The van der Waals surface area contributed by atoms with E-state index in [9.17, 15) is 0 Å². The summed E-state index contributed by atoms with van der Waals surface area (Å²) in [6.45, 7) is 0. The van der Waals surface area contributed by atoms with E-state index in [0.717, 1.165) is 20.6 Å². The summed E-state index contributed by atoms with van der Waals surface area (Å²) in [5.74, 6) is 0.756. The third-order valence-corrected chi connectivity index (χ3v) is 3.53. The van der Waals surface area contributed by atoms with Gasteiger partial charge < -0.3 is 0 Å². The largest absolute Gasteiger partial charge is 0.193 e. The quantitative estimate of drug-likeness (QED) is 0.669. The molecule has 0 aliphatic rings. The van der Waals surface area contributed by atoms with Gasteiger partial charge >= 0.3 is 0 Å². The van der Waals surface area contributed by atoms with E-state index < -0.39 is 0 Å². The van der Waals surface area contributed by atoms with Gasteiger partial charge in [-0.25, -0.2) is 0 Å². The second-order valence-electron chi connectivity index (χ2n) is 3.73. The van der Waals surface area contributed by atoms with E-state index in [2.05, 4.69) is 38.1 Å². The van der Waals surface area contributed by atoms with Crippen molar-refractivity contribution in [2.24, 2.45) is 0 Å². The molecule has 0 atom stereocenters. The average Bonchev–Trinajstić information content (AvgIpc) is 2.89. The Morgan fingerprint density at radius 3 is 2.39 bits per heavy atom. The molecule has 0 N–H and O–H groups in total. The predicted molar refractivity (Wildman–Crippen MR) is 77.3 cm³/mol. The Bertz CT molecular complexity index is 664. The second-order valence-corrected chi connectivity index (χ2v) is 4.89. The van der Waals surface area contributed by atoms with E-state index >= 15 is 0 Å². The van der Waals surface area contributed by atoms with Crippen LogP contribution in [-0.2, 0) is 0 Å². The number of benzene rings is 2. The third kappa shape index (κ3) is 2.01. The number of hydrogen-bond acceptors (Lipinski definition) is 3. The van der Waals surface area contributed by atoms with Crippen molar-refractivity contribution < 1.29 is 0 Å². The first-order valence-electron chi connectivity index (χ1n) is 5.45. The molecule has 0 amide bonds. The summed E-state index contributed by atoms with van der Waals surface area (Å²) < 4.78 is 2.87. The highest BCUT2D eigenvalue weighted by molar-refractivity contribution is 14.1. The molecule has 0 spiro atoms. The van der Waals surface area contributed by atoms with Crippen molar-refractivity contribution in [1.29, 1.82) is 0 Å². The Balaban J connectivity index is 2.16. The summed E-state index contributed by atoms with van der Waals surface area (Å²) in [5, 5.41) is 12.0. The second kappa shape index (κ2) is 4.85. The normalized spacial score (nSPS) is 10.5. The maximum Gasteiger partial charge on any atom is 0.188 e. The zero-order valence-corrected chi connectivity index (χ0v) is 11.5. The lowest BCUT2D eigenvalue weighted by molar-refractivity contribution is 0.791. The molecule has 0 saturated heterocycles. The van der Waals surface area contributed by atoms with Crippen LogP contribution in [0.1, 0.15) is 0 Å². The Kier molecular flexibility index (Phi) is 3.06. The highest BCUT2D eigenvalue weighted by atomic mass is 127. The first-order chi connectivity index (χ1) is 8.86. The van der Waals surface area contributed by atoms with Crippen molar-refractivity contribution >= 4 is 22.6 Å². The van der Waals surface area contributed by atoms with E-state index in [1.807, 2.05) is 54.6 Å². The van der Waals surface area contributed by atoms with Gasteiger partial charge in [-0.3, -0.25) is 0 Å². The summed E-state index contributed by atoms with van der Waals surface area (Å²) in [6.07, 6.45) is 0. The first kappa shape index (κ1) is 11.3. The first-order valence-corrected chi connectivity index (χ1v) is 6.53. The summed E-state index contributed by atoms with van der Waals surface area (Å²) in [5.41, 5.74) is 1.99. The van der Waals surface area contributed by atoms with E-state index in [1.165, 1.54) is 0 Å². The minimum atomic E-state index is 0.756. The van der Waals surface area contributed by atoms with Crippen molar-refractivity contribution in [3.63, 3.8) is 0 Å². The van der Waals surface area contributed by atoms with Crippen LogP contribution < -0.4 is 0 Å². The van der Waals surface area contributed by atoms with E-state index in [-0.39, 0.29) is 0 Å². The summed E-state index contributed by atoms with van der Waals surface area (Å²) in [6, 6.07) is 17.9. The molecule has 18 heavy (non-hydrogen) atoms. The topological polar surface area (TPSA) is 43.6 Å². The van der Waals surface area contributed by atoms with Crippen LogP contribution in [0.25, 0.3) is 17.1 Å². The van der Waals surface area contributed by atoms with Gasteiger partial charge in [-0.15, -0.1) is 5.10 Å². The molecule has 0 aliphatic heterocycles. The van der Waals surface area contributed by atoms with Gasteiger partial charge in [0.1, 0.15) is 0 Å². The van der Waals surface area contributed by atoms with Crippen LogP contribution in [0.15, 0.2) is 54.6 Å². The van der Waals surface area contributed by atoms with E-state index in [4.69, 9.17) is 0 Å². The van der Waals surface area contributed by atoms with Gasteiger partial charge in [0.15, 0.2) is 5.82 Å². The van der Waals surface area contributed by atoms with Crippen molar-refractivity contribution in [3.05, 3.63) is 58.2 Å². The van der Waals surface area contributed by atoms with Gasteiger partial charge in [-0.05, 0) is 51.2 Å². The van der Waals surface area contributed by atoms with Crippen molar-refractivity contribution in [1.82, 2.24) is 20.2 Å². The van der Waals surface area contributed by atoms with Crippen LogP contribution in [0.3, 0.4) is 0 Å². The Hall–Kier alpha value is -1.76.